The zero-order valence-corrected chi connectivity index (χ0v) is 9.58. The van der Waals surface area contributed by atoms with E-state index in [1.165, 1.54) is 38.5 Å². The van der Waals surface area contributed by atoms with E-state index in [1.807, 2.05) is 0 Å². The second kappa shape index (κ2) is 6.67. The molecule has 0 spiro atoms. The van der Waals surface area contributed by atoms with Gasteiger partial charge in [0.05, 0.1) is 6.54 Å². The monoisotopic (exact) mass is 213 g/mol. The molecule has 0 aliphatic heterocycles. The number of nitrogens with two attached hydrogens (primary N) is 1. The molecule has 4 N–H and O–H groups in total. The predicted molar refractivity (Wildman–Crippen MR) is 62.1 cm³/mol. The van der Waals surface area contributed by atoms with E-state index in [0.29, 0.717) is 12.6 Å². The normalized spacial score (nSPS) is 22.3. The standard InChI is InChI=1S/C11H23N3O/c1-9(13-8-11(12)14-15)10-6-4-2-3-5-7-10/h9-10,13,15H,2-8H2,1H3,(H2,12,14)/t9-/m1/s1. The molecule has 4 nitrogen and oxygen atoms in total. The van der Waals surface area contributed by atoms with Crippen molar-refractivity contribution in [1.82, 2.24) is 5.32 Å². The molecule has 0 heterocycles. The molecule has 88 valence electrons. The Morgan fingerprint density at radius 2 is 2.00 bits per heavy atom. The van der Waals surface area contributed by atoms with Crippen molar-refractivity contribution in [1.29, 1.82) is 0 Å². The maximum atomic E-state index is 8.43. The Morgan fingerprint density at radius 1 is 1.40 bits per heavy atom. The maximum Gasteiger partial charge on any atom is 0.153 e. The third-order valence-corrected chi connectivity index (χ3v) is 3.34. The van der Waals surface area contributed by atoms with Crippen molar-refractivity contribution in [3.05, 3.63) is 0 Å². The van der Waals surface area contributed by atoms with Crippen molar-refractivity contribution in [3.63, 3.8) is 0 Å². The van der Waals surface area contributed by atoms with Crippen molar-refractivity contribution in [2.45, 2.75) is 51.5 Å². The Hall–Kier alpha value is -0.770. The topological polar surface area (TPSA) is 70.6 Å². The highest BCUT2D eigenvalue weighted by molar-refractivity contribution is 5.81. The lowest BCUT2D eigenvalue weighted by Gasteiger charge is -2.23. The van der Waals surface area contributed by atoms with Crippen LogP contribution in [0.5, 0.6) is 0 Å². The molecule has 1 fully saturated rings. The molecule has 1 aliphatic carbocycles. The molecule has 0 aromatic rings. The molecular formula is C11H23N3O. The summed E-state index contributed by atoms with van der Waals surface area (Å²) < 4.78 is 0. The van der Waals surface area contributed by atoms with Gasteiger partial charge in [-0.25, -0.2) is 0 Å². The van der Waals surface area contributed by atoms with E-state index in [1.54, 1.807) is 0 Å². The molecule has 1 aliphatic rings. The van der Waals surface area contributed by atoms with Crippen LogP contribution in [-0.4, -0.2) is 23.6 Å². The Morgan fingerprint density at radius 3 is 2.53 bits per heavy atom. The van der Waals surface area contributed by atoms with Gasteiger partial charge >= 0.3 is 0 Å². The van der Waals surface area contributed by atoms with Crippen LogP contribution < -0.4 is 11.1 Å². The zero-order valence-electron chi connectivity index (χ0n) is 9.58. The maximum absolute atomic E-state index is 8.43. The van der Waals surface area contributed by atoms with Gasteiger partial charge in [0.2, 0.25) is 0 Å². The molecule has 0 saturated heterocycles. The second-order valence-electron chi connectivity index (χ2n) is 4.51. The summed E-state index contributed by atoms with van der Waals surface area (Å²) in [6, 6.07) is 0.461. The van der Waals surface area contributed by atoms with E-state index in [9.17, 15) is 0 Å². The van der Waals surface area contributed by atoms with Crippen LogP contribution in [0.1, 0.15) is 45.4 Å². The second-order valence-corrected chi connectivity index (χ2v) is 4.51. The first-order valence-electron chi connectivity index (χ1n) is 5.94. The quantitative estimate of drug-likeness (QED) is 0.219. The van der Waals surface area contributed by atoms with E-state index in [-0.39, 0.29) is 5.84 Å². The van der Waals surface area contributed by atoms with Gasteiger partial charge in [-0.1, -0.05) is 30.8 Å². The molecule has 1 rings (SSSR count). The minimum Gasteiger partial charge on any atom is -0.409 e. The van der Waals surface area contributed by atoms with Crippen molar-refractivity contribution < 1.29 is 5.21 Å². The van der Waals surface area contributed by atoms with E-state index >= 15 is 0 Å². The largest absolute Gasteiger partial charge is 0.409 e. The Bertz CT molecular complexity index is 198. The van der Waals surface area contributed by atoms with Crippen LogP contribution in [0.2, 0.25) is 0 Å². The van der Waals surface area contributed by atoms with Gasteiger partial charge in [-0.05, 0) is 25.7 Å². The third-order valence-electron chi connectivity index (χ3n) is 3.34. The summed E-state index contributed by atoms with van der Waals surface area (Å²) in [5.74, 6) is 1.01. The fourth-order valence-electron chi connectivity index (χ4n) is 2.28. The highest BCUT2D eigenvalue weighted by Crippen LogP contribution is 2.25. The Kier molecular flexibility index (Phi) is 5.47. The van der Waals surface area contributed by atoms with Crippen LogP contribution in [-0.2, 0) is 0 Å². The number of rotatable bonds is 4. The van der Waals surface area contributed by atoms with Gasteiger partial charge in [-0.15, -0.1) is 0 Å². The summed E-state index contributed by atoms with van der Waals surface area (Å²) in [5.41, 5.74) is 5.42. The Balaban J connectivity index is 2.28. The van der Waals surface area contributed by atoms with Crippen LogP contribution in [0.15, 0.2) is 5.16 Å². The summed E-state index contributed by atoms with van der Waals surface area (Å²) in [5, 5.41) is 14.7. The smallest absolute Gasteiger partial charge is 0.153 e. The molecule has 0 unspecified atom stereocenters. The van der Waals surface area contributed by atoms with Crippen LogP contribution >= 0.6 is 0 Å². The van der Waals surface area contributed by atoms with Crippen molar-refractivity contribution >= 4 is 5.84 Å². The lowest BCUT2D eigenvalue weighted by molar-refractivity contribution is 0.313. The number of hydrogen-bond acceptors (Lipinski definition) is 3. The van der Waals surface area contributed by atoms with Crippen LogP contribution in [0, 0.1) is 5.92 Å². The molecule has 1 saturated carbocycles. The third kappa shape index (κ3) is 4.51. The van der Waals surface area contributed by atoms with E-state index in [4.69, 9.17) is 10.9 Å². The van der Waals surface area contributed by atoms with Gasteiger partial charge in [0.15, 0.2) is 5.84 Å². The van der Waals surface area contributed by atoms with Gasteiger partial charge in [-0.2, -0.15) is 0 Å². The van der Waals surface area contributed by atoms with E-state index in [0.717, 1.165) is 5.92 Å². The average Bonchev–Trinajstić information content (AvgIpc) is 2.53. The zero-order chi connectivity index (χ0) is 11.1. The highest BCUT2D eigenvalue weighted by atomic mass is 16.4. The van der Waals surface area contributed by atoms with Crippen molar-refractivity contribution in [2.75, 3.05) is 6.54 Å². The predicted octanol–water partition coefficient (Wildman–Crippen LogP) is 1.68. The lowest BCUT2D eigenvalue weighted by Crippen LogP contribution is -2.39. The number of nitrogens with one attached hydrogen (secondary N) is 1. The van der Waals surface area contributed by atoms with Crippen LogP contribution in [0.25, 0.3) is 0 Å². The summed E-state index contributed by atoms with van der Waals surface area (Å²) in [7, 11) is 0. The first-order valence-corrected chi connectivity index (χ1v) is 5.94. The summed E-state index contributed by atoms with van der Waals surface area (Å²) in [6.07, 6.45) is 8.07. The summed E-state index contributed by atoms with van der Waals surface area (Å²) >= 11 is 0. The van der Waals surface area contributed by atoms with Crippen molar-refractivity contribution in [2.24, 2.45) is 16.8 Å². The lowest BCUT2D eigenvalue weighted by atomic mass is 9.93. The summed E-state index contributed by atoms with van der Waals surface area (Å²) in [6.45, 7) is 2.68. The average molecular weight is 213 g/mol. The molecule has 0 aromatic heterocycles. The molecule has 0 aromatic carbocycles. The molecule has 15 heavy (non-hydrogen) atoms. The van der Waals surface area contributed by atoms with Gasteiger partial charge in [0.25, 0.3) is 0 Å². The van der Waals surface area contributed by atoms with Crippen LogP contribution in [0.4, 0.5) is 0 Å². The summed E-state index contributed by atoms with van der Waals surface area (Å²) in [4.78, 5) is 0. The van der Waals surface area contributed by atoms with E-state index < -0.39 is 0 Å². The first kappa shape index (κ1) is 12.3. The minimum absolute atomic E-state index is 0.260. The highest BCUT2D eigenvalue weighted by Gasteiger charge is 2.18. The number of oxime groups is 1. The molecule has 0 amide bonds. The molecule has 0 radical (unpaired) electrons. The molecule has 4 heteroatoms. The Labute approximate surface area is 91.9 Å². The van der Waals surface area contributed by atoms with Gasteiger partial charge in [0.1, 0.15) is 0 Å². The minimum atomic E-state index is 0.260. The number of nitrogens with zero attached hydrogens (tertiary/aromatic N) is 1. The molecule has 0 bridgehead atoms. The van der Waals surface area contributed by atoms with Crippen LogP contribution in [0.3, 0.4) is 0 Å². The molecule has 1 atom stereocenters. The fraction of sp³-hybridized carbons (Fsp3) is 0.909. The molecular weight excluding hydrogens is 190 g/mol. The SMILES string of the molecule is C[C@@H](NCC(N)=NO)C1CCCCCC1. The number of amidine groups is 1. The number of hydrogen-bond donors (Lipinski definition) is 3. The first-order chi connectivity index (χ1) is 7.24. The van der Waals surface area contributed by atoms with Gasteiger partial charge in [0, 0.05) is 6.04 Å². The van der Waals surface area contributed by atoms with Gasteiger partial charge in [-0.3, -0.25) is 0 Å². The van der Waals surface area contributed by atoms with Crippen molar-refractivity contribution in [3.8, 4) is 0 Å². The fourth-order valence-corrected chi connectivity index (χ4v) is 2.28. The van der Waals surface area contributed by atoms with Gasteiger partial charge < -0.3 is 16.3 Å². The van der Waals surface area contributed by atoms with E-state index in [2.05, 4.69) is 17.4 Å².